The zero-order chi connectivity index (χ0) is 21.3. The van der Waals surface area contributed by atoms with Gasteiger partial charge in [0.25, 0.3) is 5.91 Å². The highest BCUT2D eigenvalue weighted by molar-refractivity contribution is 5.79. The van der Waals surface area contributed by atoms with Crippen LogP contribution < -0.4 is 10.1 Å². The minimum absolute atomic E-state index is 0.0228. The fourth-order valence-corrected chi connectivity index (χ4v) is 4.78. The molecule has 2 amide bonds. The fraction of sp³-hybridized carbons (Fsp3) is 0.545. The second-order valence-electron chi connectivity index (χ2n) is 8.68. The molecule has 8 heteroatoms. The molecular formula is C22H28N4O4. The van der Waals surface area contributed by atoms with Crippen molar-refractivity contribution in [3.63, 3.8) is 0 Å². The van der Waals surface area contributed by atoms with Gasteiger partial charge in [0.15, 0.2) is 12.4 Å². The molecule has 8 nitrogen and oxygen atoms in total. The van der Waals surface area contributed by atoms with Crippen LogP contribution in [0.2, 0.25) is 0 Å². The molecular weight excluding hydrogens is 384 g/mol. The zero-order valence-corrected chi connectivity index (χ0v) is 17.6. The Bertz CT molecular complexity index is 913. The highest BCUT2D eigenvalue weighted by atomic mass is 16.5. The molecule has 0 radical (unpaired) electrons. The van der Waals surface area contributed by atoms with Gasteiger partial charge in [0.05, 0.1) is 5.41 Å². The number of hydrogen-bond donors (Lipinski definition) is 1. The van der Waals surface area contributed by atoms with E-state index in [1.807, 2.05) is 49.1 Å². The summed E-state index contributed by atoms with van der Waals surface area (Å²) in [4.78, 5) is 31.5. The summed E-state index contributed by atoms with van der Waals surface area (Å²) in [6, 6.07) is 9.25. The van der Waals surface area contributed by atoms with Crippen LogP contribution in [0.5, 0.6) is 5.75 Å². The summed E-state index contributed by atoms with van der Waals surface area (Å²) in [6.45, 7) is 6.77. The number of carbonyl (C=O) groups is 2. The van der Waals surface area contributed by atoms with Crippen LogP contribution in [0.4, 0.5) is 0 Å². The molecule has 1 aromatic heterocycles. The molecule has 1 aromatic carbocycles. The first-order chi connectivity index (χ1) is 14.4. The lowest BCUT2D eigenvalue weighted by atomic mass is 9.80. The van der Waals surface area contributed by atoms with Gasteiger partial charge in [0, 0.05) is 25.0 Å². The van der Waals surface area contributed by atoms with Crippen molar-refractivity contribution in [1.29, 1.82) is 0 Å². The van der Waals surface area contributed by atoms with E-state index in [1.54, 1.807) is 6.92 Å². The summed E-state index contributed by atoms with van der Waals surface area (Å²) in [5.74, 6) is 1.90. The highest BCUT2D eigenvalue weighted by Crippen LogP contribution is 2.50. The average molecular weight is 412 g/mol. The maximum Gasteiger partial charge on any atom is 0.258 e. The van der Waals surface area contributed by atoms with Crippen molar-refractivity contribution in [1.82, 2.24) is 20.4 Å². The van der Waals surface area contributed by atoms with Crippen LogP contribution in [0.25, 0.3) is 0 Å². The van der Waals surface area contributed by atoms with Crippen LogP contribution in [0, 0.1) is 18.8 Å². The molecule has 1 aliphatic carbocycles. The van der Waals surface area contributed by atoms with Gasteiger partial charge in [-0.1, -0.05) is 37.2 Å². The van der Waals surface area contributed by atoms with Gasteiger partial charge in [-0.15, -0.1) is 0 Å². The van der Waals surface area contributed by atoms with Crippen LogP contribution >= 0.6 is 0 Å². The van der Waals surface area contributed by atoms with E-state index in [0.717, 1.165) is 6.42 Å². The van der Waals surface area contributed by atoms with Gasteiger partial charge in [0.2, 0.25) is 11.8 Å². The molecule has 1 saturated heterocycles. The number of benzene rings is 1. The van der Waals surface area contributed by atoms with Crippen molar-refractivity contribution in [2.24, 2.45) is 11.8 Å². The first-order valence-electron chi connectivity index (χ1n) is 10.4. The van der Waals surface area contributed by atoms with Crippen LogP contribution in [0.15, 0.2) is 34.9 Å². The lowest BCUT2D eigenvalue weighted by molar-refractivity contribution is -0.134. The molecule has 1 N–H and O–H groups in total. The number of likely N-dealkylation sites (tertiary alicyclic amines) is 1. The minimum atomic E-state index is -0.413. The number of aromatic nitrogens is 2. The van der Waals surface area contributed by atoms with E-state index in [0.29, 0.717) is 37.0 Å². The average Bonchev–Trinajstić information content (AvgIpc) is 3.39. The minimum Gasteiger partial charge on any atom is -0.484 e. The quantitative estimate of drug-likeness (QED) is 0.780. The molecule has 4 rings (SSSR count). The first kappa shape index (κ1) is 20.4. The number of nitrogens with one attached hydrogen (secondary N) is 1. The number of amides is 2. The van der Waals surface area contributed by atoms with Crippen molar-refractivity contribution in [2.75, 3.05) is 19.7 Å². The van der Waals surface area contributed by atoms with Gasteiger partial charge >= 0.3 is 0 Å². The van der Waals surface area contributed by atoms with Crippen molar-refractivity contribution in [2.45, 2.75) is 45.1 Å². The normalized spacial score (nSPS) is 25.4. The molecule has 2 fully saturated rings. The molecule has 160 valence electrons. The highest BCUT2D eigenvalue weighted by Gasteiger charge is 2.58. The predicted molar refractivity (Wildman–Crippen MR) is 109 cm³/mol. The molecule has 1 saturated carbocycles. The summed E-state index contributed by atoms with van der Waals surface area (Å²) in [7, 11) is 0. The van der Waals surface area contributed by atoms with Crippen LogP contribution in [-0.2, 0) is 15.0 Å². The number of nitrogens with zero attached hydrogens (tertiary/aromatic N) is 3. The second kappa shape index (κ2) is 8.08. The van der Waals surface area contributed by atoms with Gasteiger partial charge in [-0.05, 0) is 37.8 Å². The van der Waals surface area contributed by atoms with Gasteiger partial charge in [-0.3, -0.25) is 9.59 Å². The van der Waals surface area contributed by atoms with Crippen LogP contribution in [0.1, 0.15) is 38.4 Å². The van der Waals surface area contributed by atoms with E-state index >= 15 is 0 Å². The third kappa shape index (κ3) is 3.91. The van der Waals surface area contributed by atoms with Crippen molar-refractivity contribution in [3.05, 3.63) is 42.0 Å². The third-order valence-electron chi connectivity index (χ3n) is 6.11. The van der Waals surface area contributed by atoms with Crippen molar-refractivity contribution >= 4 is 11.8 Å². The Balaban J connectivity index is 1.44. The van der Waals surface area contributed by atoms with E-state index in [9.17, 15) is 9.59 Å². The number of hydrogen-bond acceptors (Lipinski definition) is 6. The number of ether oxygens (including phenoxy) is 1. The van der Waals surface area contributed by atoms with E-state index < -0.39 is 5.41 Å². The van der Waals surface area contributed by atoms with Gasteiger partial charge in [-0.25, -0.2) is 0 Å². The fourth-order valence-electron chi connectivity index (χ4n) is 4.78. The Morgan fingerprint density at radius 1 is 1.33 bits per heavy atom. The van der Waals surface area contributed by atoms with Crippen molar-refractivity contribution < 1.29 is 18.8 Å². The van der Waals surface area contributed by atoms with Gasteiger partial charge < -0.3 is 19.5 Å². The molecule has 2 heterocycles. The molecule has 1 unspecified atom stereocenters. The number of fused-ring (bicyclic) bond motifs is 1. The maximum atomic E-state index is 12.6. The number of carbonyl (C=O) groups excluding carboxylic acids is 2. The van der Waals surface area contributed by atoms with Gasteiger partial charge in [-0.2, -0.15) is 4.98 Å². The van der Waals surface area contributed by atoms with E-state index in [-0.39, 0.29) is 36.3 Å². The summed E-state index contributed by atoms with van der Waals surface area (Å²) >= 11 is 0. The Labute approximate surface area is 176 Å². The standard InChI is InChI=1S/C22H28N4O4/c1-14(2)20(28)26-11-16-9-17(10-22(16,13-26)21-23-15(3)25-30-21)24-19(27)12-29-18-7-5-4-6-8-18/h4-8,14,16-17H,9-13H2,1-3H3,(H,24,27)/t16?,17-,22+/m1/s1. The smallest absolute Gasteiger partial charge is 0.258 e. The largest absolute Gasteiger partial charge is 0.484 e. The number of rotatable bonds is 6. The van der Waals surface area contributed by atoms with E-state index in [1.165, 1.54) is 0 Å². The molecule has 2 aliphatic rings. The lowest BCUT2D eigenvalue weighted by Crippen LogP contribution is -2.41. The monoisotopic (exact) mass is 412 g/mol. The summed E-state index contributed by atoms with van der Waals surface area (Å²) in [6.07, 6.45) is 1.43. The molecule has 2 aromatic rings. The van der Waals surface area contributed by atoms with E-state index in [2.05, 4.69) is 15.5 Å². The topological polar surface area (TPSA) is 97.6 Å². The van der Waals surface area contributed by atoms with Crippen LogP contribution in [0.3, 0.4) is 0 Å². The Hall–Kier alpha value is -2.90. The lowest BCUT2D eigenvalue weighted by Gasteiger charge is -2.26. The summed E-state index contributed by atoms with van der Waals surface area (Å²) < 4.78 is 11.1. The molecule has 30 heavy (non-hydrogen) atoms. The van der Waals surface area contributed by atoms with Crippen LogP contribution in [-0.4, -0.2) is 52.6 Å². The summed E-state index contributed by atoms with van der Waals surface area (Å²) in [5, 5.41) is 7.06. The molecule has 0 bridgehead atoms. The van der Waals surface area contributed by atoms with E-state index in [4.69, 9.17) is 9.26 Å². The molecule has 3 atom stereocenters. The Morgan fingerprint density at radius 2 is 2.10 bits per heavy atom. The first-order valence-corrected chi connectivity index (χ1v) is 10.4. The second-order valence-corrected chi connectivity index (χ2v) is 8.68. The zero-order valence-electron chi connectivity index (χ0n) is 17.6. The Kier molecular flexibility index (Phi) is 5.49. The molecule has 0 spiro atoms. The van der Waals surface area contributed by atoms with Crippen molar-refractivity contribution in [3.8, 4) is 5.75 Å². The summed E-state index contributed by atoms with van der Waals surface area (Å²) in [5.41, 5.74) is -0.413. The Morgan fingerprint density at radius 3 is 2.77 bits per heavy atom. The maximum absolute atomic E-state index is 12.6. The SMILES string of the molecule is Cc1noc([C@]23C[C@H](NC(=O)COc4ccccc4)CC2CN(C(=O)C(C)C)C3)n1. The number of aryl methyl sites for hydroxylation is 1. The molecule has 1 aliphatic heterocycles. The number of para-hydroxylation sites is 1. The predicted octanol–water partition coefficient (Wildman–Crippen LogP) is 2.09. The third-order valence-corrected chi connectivity index (χ3v) is 6.11. The van der Waals surface area contributed by atoms with Gasteiger partial charge in [0.1, 0.15) is 5.75 Å².